The largest absolute Gasteiger partial charge is 0.367 e. The van der Waals surface area contributed by atoms with Crippen LogP contribution in [0.4, 0.5) is 18.9 Å². The summed E-state index contributed by atoms with van der Waals surface area (Å²) in [6.07, 6.45) is -1.92. The summed E-state index contributed by atoms with van der Waals surface area (Å²) in [6, 6.07) is 4.51. The second-order valence-electron chi connectivity index (χ2n) is 4.24. The van der Waals surface area contributed by atoms with Gasteiger partial charge in [-0.1, -0.05) is 6.07 Å². The number of hydrogen-bond acceptors (Lipinski definition) is 2. The number of benzene rings is 1. The first-order chi connectivity index (χ1) is 7.90. The molecule has 1 unspecified atom stereocenters. The Morgan fingerprint density at radius 3 is 2.47 bits per heavy atom. The molecule has 0 saturated carbocycles. The molecule has 2 N–H and O–H groups in total. The quantitative estimate of drug-likeness (QED) is 0.864. The smallest absolute Gasteiger partial charge is 0.255 e. The number of rotatable bonds is 5. The van der Waals surface area contributed by atoms with Crippen LogP contribution in [-0.4, -0.2) is 26.1 Å². The Hall–Kier alpha value is -1.23. The molecule has 1 rings (SSSR count). The Kier molecular flexibility index (Phi) is 4.81. The first-order valence-electron chi connectivity index (χ1n) is 5.43. The van der Waals surface area contributed by atoms with E-state index < -0.39 is 18.8 Å². The summed E-state index contributed by atoms with van der Waals surface area (Å²) in [5.41, 5.74) is 6.56. The van der Waals surface area contributed by atoms with E-state index in [2.05, 4.69) is 0 Å². The summed E-state index contributed by atoms with van der Waals surface area (Å²) in [5.74, 6) is -0.494. The van der Waals surface area contributed by atoms with Crippen molar-refractivity contribution in [3.8, 4) is 0 Å². The van der Waals surface area contributed by atoms with Crippen LogP contribution in [-0.2, 0) is 6.42 Å². The third kappa shape index (κ3) is 4.26. The van der Waals surface area contributed by atoms with E-state index in [9.17, 15) is 13.2 Å². The highest BCUT2D eigenvalue weighted by Gasteiger charge is 2.13. The molecule has 96 valence electrons. The molecule has 0 amide bonds. The molecular weight excluding hydrogens is 229 g/mol. The van der Waals surface area contributed by atoms with Crippen LogP contribution in [0.25, 0.3) is 0 Å². The van der Waals surface area contributed by atoms with E-state index in [0.29, 0.717) is 6.42 Å². The van der Waals surface area contributed by atoms with Crippen molar-refractivity contribution in [1.82, 2.24) is 0 Å². The number of nitrogens with two attached hydrogens (primary N) is 1. The molecule has 1 aromatic rings. The van der Waals surface area contributed by atoms with Gasteiger partial charge in [-0.15, -0.1) is 0 Å². The lowest BCUT2D eigenvalue weighted by atomic mass is 10.1. The molecule has 1 atom stereocenters. The first kappa shape index (κ1) is 13.8. The molecule has 5 heteroatoms. The fourth-order valence-corrected chi connectivity index (χ4v) is 1.66. The normalized spacial score (nSPS) is 12.9. The fourth-order valence-electron chi connectivity index (χ4n) is 1.66. The molecule has 0 spiro atoms. The van der Waals surface area contributed by atoms with Crippen LogP contribution in [0.15, 0.2) is 18.2 Å². The average molecular weight is 246 g/mol. The molecule has 1 aromatic carbocycles. The van der Waals surface area contributed by atoms with E-state index >= 15 is 0 Å². The zero-order chi connectivity index (χ0) is 13.0. The summed E-state index contributed by atoms with van der Waals surface area (Å²) in [7, 11) is 1.44. The Bertz CT molecular complexity index is 367. The van der Waals surface area contributed by atoms with Gasteiger partial charge in [0.05, 0.1) is 12.2 Å². The van der Waals surface area contributed by atoms with Crippen LogP contribution < -0.4 is 10.6 Å². The highest BCUT2D eigenvalue weighted by molar-refractivity contribution is 5.48. The summed E-state index contributed by atoms with van der Waals surface area (Å²) in [6.45, 7) is 1.35. The predicted molar refractivity (Wildman–Crippen MR) is 63.0 cm³/mol. The van der Waals surface area contributed by atoms with E-state index in [1.165, 1.54) is 24.1 Å². The third-order valence-electron chi connectivity index (χ3n) is 2.39. The molecule has 0 aromatic heterocycles. The molecular formula is C12H17F3N2. The van der Waals surface area contributed by atoms with Crippen LogP contribution in [0.2, 0.25) is 0 Å². The molecule has 0 aliphatic heterocycles. The topological polar surface area (TPSA) is 29.3 Å². The molecule has 0 aliphatic rings. The lowest BCUT2D eigenvalue weighted by Gasteiger charge is -2.20. The highest BCUT2D eigenvalue weighted by Crippen LogP contribution is 2.20. The van der Waals surface area contributed by atoms with Gasteiger partial charge in [0.15, 0.2) is 0 Å². The number of hydrogen-bond donors (Lipinski definition) is 1. The van der Waals surface area contributed by atoms with Gasteiger partial charge in [-0.3, -0.25) is 0 Å². The summed E-state index contributed by atoms with van der Waals surface area (Å²) in [5, 5.41) is 0. The summed E-state index contributed by atoms with van der Waals surface area (Å²) in [4.78, 5) is 1.20. The van der Waals surface area contributed by atoms with Crippen LogP contribution in [0, 0.1) is 5.82 Å². The lowest BCUT2D eigenvalue weighted by Crippen LogP contribution is -2.25. The average Bonchev–Trinajstić information content (AvgIpc) is 2.14. The molecule has 0 saturated heterocycles. The maximum atomic E-state index is 13.7. The van der Waals surface area contributed by atoms with Gasteiger partial charge in [0.1, 0.15) is 5.82 Å². The van der Waals surface area contributed by atoms with Crippen LogP contribution in [0.5, 0.6) is 0 Å². The standard InChI is InChI=1S/C12H17F3N2/c1-8(16)5-9-3-4-11(10(13)6-9)17(2)7-12(14)15/h3-4,6,8,12H,5,7,16H2,1-2H3. The number of halogens is 3. The minimum Gasteiger partial charge on any atom is -0.367 e. The Morgan fingerprint density at radius 1 is 1.35 bits per heavy atom. The minimum atomic E-state index is -2.48. The molecule has 0 bridgehead atoms. The highest BCUT2D eigenvalue weighted by atomic mass is 19.3. The SMILES string of the molecule is CC(N)Cc1ccc(N(C)CC(F)F)c(F)c1. The second-order valence-corrected chi connectivity index (χ2v) is 4.24. The lowest BCUT2D eigenvalue weighted by molar-refractivity contribution is 0.156. The molecule has 0 aliphatic carbocycles. The zero-order valence-corrected chi connectivity index (χ0v) is 9.96. The number of alkyl halides is 2. The van der Waals surface area contributed by atoms with E-state index in [0.717, 1.165) is 5.56 Å². The van der Waals surface area contributed by atoms with Crippen molar-refractivity contribution < 1.29 is 13.2 Å². The van der Waals surface area contributed by atoms with Gasteiger partial charge < -0.3 is 10.6 Å². The third-order valence-corrected chi connectivity index (χ3v) is 2.39. The predicted octanol–water partition coefficient (Wildman–Crippen LogP) is 2.42. The zero-order valence-electron chi connectivity index (χ0n) is 9.96. The Balaban J connectivity index is 2.82. The van der Waals surface area contributed by atoms with E-state index in [1.54, 1.807) is 6.07 Å². The van der Waals surface area contributed by atoms with E-state index in [1.807, 2.05) is 6.92 Å². The minimum absolute atomic E-state index is 0.0564. The summed E-state index contributed by atoms with van der Waals surface area (Å²) >= 11 is 0. The fraction of sp³-hybridized carbons (Fsp3) is 0.500. The van der Waals surface area contributed by atoms with Gasteiger partial charge in [-0.2, -0.15) is 0 Å². The van der Waals surface area contributed by atoms with E-state index in [-0.39, 0.29) is 11.7 Å². The van der Waals surface area contributed by atoms with E-state index in [4.69, 9.17) is 5.73 Å². The van der Waals surface area contributed by atoms with Crippen molar-refractivity contribution in [2.45, 2.75) is 25.8 Å². The van der Waals surface area contributed by atoms with Gasteiger partial charge in [-0.25, -0.2) is 13.2 Å². The van der Waals surface area contributed by atoms with Crippen molar-refractivity contribution in [3.63, 3.8) is 0 Å². The second kappa shape index (κ2) is 5.91. The van der Waals surface area contributed by atoms with Crippen LogP contribution in [0.3, 0.4) is 0 Å². The maximum Gasteiger partial charge on any atom is 0.255 e. The van der Waals surface area contributed by atoms with Gasteiger partial charge in [0.25, 0.3) is 6.43 Å². The van der Waals surface area contributed by atoms with Gasteiger partial charge in [0, 0.05) is 13.1 Å². The van der Waals surface area contributed by atoms with Crippen molar-refractivity contribution in [1.29, 1.82) is 0 Å². The Labute approximate surface area is 99.2 Å². The van der Waals surface area contributed by atoms with Crippen molar-refractivity contribution in [2.75, 3.05) is 18.5 Å². The first-order valence-corrected chi connectivity index (χ1v) is 5.43. The Morgan fingerprint density at radius 2 is 2.00 bits per heavy atom. The van der Waals surface area contributed by atoms with Gasteiger partial charge >= 0.3 is 0 Å². The molecule has 17 heavy (non-hydrogen) atoms. The number of anilines is 1. The number of nitrogens with zero attached hydrogens (tertiary/aromatic N) is 1. The van der Waals surface area contributed by atoms with Gasteiger partial charge in [0.2, 0.25) is 0 Å². The maximum absolute atomic E-state index is 13.7. The monoisotopic (exact) mass is 246 g/mol. The van der Waals surface area contributed by atoms with Crippen molar-refractivity contribution in [2.24, 2.45) is 5.73 Å². The van der Waals surface area contributed by atoms with Crippen molar-refractivity contribution >= 4 is 5.69 Å². The van der Waals surface area contributed by atoms with Crippen LogP contribution >= 0.6 is 0 Å². The molecule has 0 radical (unpaired) electrons. The van der Waals surface area contributed by atoms with Crippen LogP contribution in [0.1, 0.15) is 12.5 Å². The molecule has 0 fully saturated rings. The molecule has 2 nitrogen and oxygen atoms in total. The van der Waals surface area contributed by atoms with Crippen molar-refractivity contribution in [3.05, 3.63) is 29.6 Å². The molecule has 0 heterocycles. The van der Waals surface area contributed by atoms with Gasteiger partial charge in [-0.05, 0) is 31.0 Å². The summed E-state index contributed by atoms with van der Waals surface area (Å²) < 4.78 is 38.0.